The van der Waals surface area contributed by atoms with Crippen LogP contribution in [0, 0.1) is 20.8 Å². The summed E-state index contributed by atoms with van der Waals surface area (Å²) in [5.41, 5.74) is 12.7. The van der Waals surface area contributed by atoms with E-state index in [1.54, 1.807) is 7.11 Å². The molecule has 0 aliphatic rings. The molecule has 2 heteroatoms. The Labute approximate surface area is 121 Å². The molecule has 20 heavy (non-hydrogen) atoms. The van der Waals surface area contributed by atoms with Gasteiger partial charge < -0.3 is 10.5 Å². The standard InChI is InChI=1S/C18H23NO/c1-12-8-13(2)18(14(3)9-12)17(19)11-15-6-5-7-16(10-15)20-4/h5-10,17H,11,19H2,1-4H3. The molecule has 1 unspecified atom stereocenters. The van der Waals surface area contributed by atoms with E-state index < -0.39 is 0 Å². The number of nitrogens with two attached hydrogens (primary N) is 1. The molecule has 0 heterocycles. The van der Waals surface area contributed by atoms with E-state index in [9.17, 15) is 0 Å². The minimum Gasteiger partial charge on any atom is -0.497 e. The largest absolute Gasteiger partial charge is 0.497 e. The molecule has 0 saturated heterocycles. The van der Waals surface area contributed by atoms with E-state index in [0.29, 0.717) is 0 Å². The molecule has 0 saturated carbocycles. The van der Waals surface area contributed by atoms with Crippen molar-refractivity contribution in [3.8, 4) is 5.75 Å². The molecule has 0 fully saturated rings. The Kier molecular flexibility index (Phi) is 4.46. The van der Waals surface area contributed by atoms with Crippen molar-refractivity contribution in [1.82, 2.24) is 0 Å². The Morgan fingerprint density at radius 1 is 1.05 bits per heavy atom. The summed E-state index contributed by atoms with van der Waals surface area (Å²) in [6.45, 7) is 6.40. The third-order valence-corrected chi connectivity index (χ3v) is 3.70. The summed E-state index contributed by atoms with van der Waals surface area (Å²) < 4.78 is 5.26. The molecule has 0 radical (unpaired) electrons. The van der Waals surface area contributed by atoms with Gasteiger partial charge in [-0.1, -0.05) is 29.8 Å². The van der Waals surface area contributed by atoms with Crippen molar-refractivity contribution in [2.45, 2.75) is 33.2 Å². The van der Waals surface area contributed by atoms with Gasteiger partial charge in [-0.05, 0) is 61.6 Å². The quantitative estimate of drug-likeness (QED) is 0.914. The van der Waals surface area contributed by atoms with Gasteiger partial charge in [-0.3, -0.25) is 0 Å². The fourth-order valence-electron chi connectivity index (χ4n) is 2.93. The van der Waals surface area contributed by atoms with Crippen molar-refractivity contribution in [3.63, 3.8) is 0 Å². The van der Waals surface area contributed by atoms with Crippen LogP contribution in [-0.4, -0.2) is 7.11 Å². The van der Waals surface area contributed by atoms with Gasteiger partial charge in [0.15, 0.2) is 0 Å². The van der Waals surface area contributed by atoms with E-state index in [4.69, 9.17) is 10.5 Å². The van der Waals surface area contributed by atoms with Gasteiger partial charge in [-0.25, -0.2) is 0 Å². The third kappa shape index (κ3) is 3.20. The molecule has 0 bridgehead atoms. The van der Waals surface area contributed by atoms with Crippen molar-refractivity contribution in [1.29, 1.82) is 0 Å². The van der Waals surface area contributed by atoms with Gasteiger partial charge in [0.2, 0.25) is 0 Å². The second-order valence-electron chi connectivity index (χ2n) is 5.47. The minimum absolute atomic E-state index is 0.0164. The van der Waals surface area contributed by atoms with Gasteiger partial charge >= 0.3 is 0 Å². The number of aryl methyl sites for hydroxylation is 3. The van der Waals surface area contributed by atoms with Crippen molar-refractivity contribution < 1.29 is 4.74 Å². The second-order valence-corrected chi connectivity index (χ2v) is 5.47. The van der Waals surface area contributed by atoms with Crippen LogP contribution in [0.1, 0.15) is 33.9 Å². The summed E-state index contributed by atoms with van der Waals surface area (Å²) in [5.74, 6) is 0.882. The lowest BCUT2D eigenvalue weighted by Crippen LogP contribution is -2.16. The van der Waals surface area contributed by atoms with Crippen LogP contribution in [-0.2, 0) is 6.42 Å². The SMILES string of the molecule is COc1cccc(CC(N)c2c(C)cc(C)cc2C)c1. The lowest BCUT2D eigenvalue weighted by molar-refractivity contribution is 0.414. The molecule has 2 aromatic rings. The molecular weight excluding hydrogens is 246 g/mol. The van der Waals surface area contributed by atoms with Crippen LogP contribution in [0.4, 0.5) is 0 Å². The Morgan fingerprint density at radius 3 is 2.30 bits per heavy atom. The summed E-state index contributed by atoms with van der Waals surface area (Å²) in [5, 5.41) is 0. The third-order valence-electron chi connectivity index (χ3n) is 3.70. The number of hydrogen-bond acceptors (Lipinski definition) is 2. The van der Waals surface area contributed by atoms with Crippen molar-refractivity contribution in [3.05, 3.63) is 64.2 Å². The van der Waals surface area contributed by atoms with Crippen LogP contribution in [0.2, 0.25) is 0 Å². The van der Waals surface area contributed by atoms with Crippen LogP contribution in [0.3, 0.4) is 0 Å². The summed E-state index contributed by atoms with van der Waals surface area (Å²) in [6.07, 6.45) is 0.821. The summed E-state index contributed by atoms with van der Waals surface area (Å²) in [6, 6.07) is 12.5. The van der Waals surface area contributed by atoms with Crippen LogP contribution in [0.15, 0.2) is 36.4 Å². The van der Waals surface area contributed by atoms with Crippen LogP contribution in [0.5, 0.6) is 5.75 Å². The molecular formula is C18H23NO. The zero-order valence-corrected chi connectivity index (χ0v) is 12.7. The topological polar surface area (TPSA) is 35.2 Å². The fraction of sp³-hybridized carbons (Fsp3) is 0.333. The molecule has 106 valence electrons. The molecule has 0 spiro atoms. The highest BCUT2D eigenvalue weighted by Crippen LogP contribution is 2.25. The van der Waals surface area contributed by atoms with Crippen molar-refractivity contribution in [2.75, 3.05) is 7.11 Å². The maximum Gasteiger partial charge on any atom is 0.119 e. The molecule has 0 amide bonds. The highest BCUT2D eigenvalue weighted by Gasteiger charge is 2.13. The first kappa shape index (κ1) is 14.6. The highest BCUT2D eigenvalue weighted by atomic mass is 16.5. The Balaban J connectivity index is 2.26. The highest BCUT2D eigenvalue weighted by molar-refractivity contribution is 5.40. The molecule has 0 aromatic heterocycles. The predicted molar refractivity (Wildman–Crippen MR) is 84.3 cm³/mol. The summed E-state index contributed by atoms with van der Waals surface area (Å²) in [4.78, 5) is 0. The maximum absolute atomic E-state index is 6.43. The molecule has 2 N–H and O–H groups in total. The molecule has 2 nitrogen and oxygen atoms in total. The molecule has 1 atom stereocenters. The van der Waals surface area contributed by atoms with E-state index in [-0.39, 0.29) is 6.04 Å². The fourth-order valence-corrected chi connectivity index (χ4v) is 2.93. The first-order valence-corrected chi connectivity index (χ1v) is 6.97. The zero-order valence-electron chi connectivity index (χ0n) is 12.7. The average molecular weight is 269 g/mol. The number of hydrogen-bond donors (Lipinski definition) is 1. The van der Waals surface area contributed by atoms with Gasteiger partial charge in [0.05, 0.1) is 7.11 Å². The maximum atomic E-state index is 6.43. The van der Waals surface area contributed by atoms with E-state index in [0.717, 1.165) is 12.2 Å². The lowest BCUT2D eigenvalue weighted by atomic mass is 9.91. The van der Waals surface area contributed by atoms with Crippen molar-refractivity contribution >= 4 is 0 Å². The Bertz CT molecular complexity index is 581. The monoisotopic (exact) mass is 269 g/mol. The van der Waals surface area contributed by atoms with Gasteiger partial charge in [0.25, 0.3) is 0 Å². The molecule has 2 aromatic carbocycles. The van der Waals surface area contributed by atoms with E-state index in [1.165, 1.54) is 27.8 Å². The van der Waals surface area contributed by atoms with Crippen LogP contribution >= 0.6 is 0 Å². The normalized spacial score (nSPS) is 12.2. The van der Waals surface area contributed by atoms with E-state index in [1.807, 2.05) is 12.1 Å². The van der Waals surface area contributed by atoms with Crippen LogP contribution < -0.4 is 10.5 Å². The van der Waals surface area contributed by atoms with Gasteiger partial charge in [-0.2, -0.15) is 0 Å². The van der Waals surface area contributed by atoms with Gasteiger partial charge in [-0.15, -0.1) is 0 Å². The van der Waals surface area contributed by atoms with Crippen LogP contribution in [0.25, 0.3) is 0 Å². The smallest absolute Gasteiger partial charge is 0.119 e. The van der Waals surface area contributed by atoms with Gasteiger partial charge in [0.1, 0.15) is 5.75 Å². The van der Waals surface area contributed by atoms with E-state index >= 15 is 0 Å². The Morgan fingerprint density at radius 2 is 1.70 bits per heavy atom. The lowest BCUT2D eigenvalue weighted by Gasteiger charge is -2.19. The number of rotatable bonds is 4. The predicted octanol–water partition coefficient (Wildman–Crippen LogP) is 3.86. The Hall–Kier alpha value is -1.80. The minimum atomic E-state index is 0.0164. The first-order chi connectivity index (χ1) is 9.51. The molecule has 0 aliphatic heterocycles. The van der Waals surface area contributed by atoms with Gasteiger partial charge in [0, 0.05) is 6.04 Å². The average Bonchev–Trinajstić information content (AvgIpc) is 2.37. The number of methoxy groups -OCH3 is 1. The zero-order chi connectivity index (χ0) is 14.7. The number of benzene rings is 2. The first-order valence-electron chi connectivity index (χ1n) is 6.97. The summed E-state index contributed by atoms with van der Waals surface area (Å²) in [7, 11) is 1.69. The van der Waals surface area contributed by atoms with Crippen molar-refractivity contribution in [2.24, 2.45) is 5.73 Å². The molecule has 2 rings (SSSR count). The second kappa shape index (κ2) is 6.10. The molecule has 0 aliphatic carbocycles. The number of ether oxygens (including phenoxy) is 1. The summed E-state index contributed by atoms with van der Waals surface area (Å²) >= 11 is 0. The van der Waals surface area contributed by atoms with E-state index in [2.05, 4.69) is 45.0 Å².